The molecule has 1 fully saturated rings. The van der Waals surface area contributed by atoms with Gasteiger partial charge in [0.15, 0.2) is 0 Å². The van der Waals surface area contributed by atoms with Gasteiger partial charge in [0.2, 0.25) is 10.9 Å². The number of anilines is 1. The standard InChI is InChI=1S/C13H18N2O4/c1-13(2,3)19-12(18)15-6-4-5-7(15)8-9(14)11(17)10(8)16/h7H,4-6,14H2,1-3H3. The third kappa shape index (κ3) is 2.34. The van der Waals surface area contributed by atoms with Crippen LogP contribution in [0.1, 0.15) is 45.2 Å². The number of nitrogen functional groups attached to an aromatic ring is 1. The first-order valence-corrected chi connectivity index (χ1v) is 6.30. The molecule has 0 radical (unpaired) electrons. The number of carbonyl (C=O) groups is 1. The molecule has 1 aliphatic heterocycles. The maximum Gasteiger partial charge on any atom is 0.410 e. The molecule has 104 valence electrons. The van der Waals surface area contributed by atoms with E-state index in [9.17, 15) is 14.4 Å². The number of nitrogens with two attached hydrogens (primary N) is 1. The van der Waals surface area contributed by atoms with Crippen molar-refractivity contribution in [1.29, 1.82) is 0 Å². The molecule has 2 rings (SSSR count). The Labute approximate surface area is 110 Å². The zero-order valence-corrected chi connectivity index (χ0v) is 11.4. The maximum absolute atomic E-state index is 12.1. The van der Waals surface area contributed by atoms with Gasteiger partial charge < -0.3 is 15.4 Å². The van der Waals surface area contributed by atoms with Gasteiger partial charge in [0.25, 0.3) is 0 Å². The van der Waals surface area contributed by atoms with E-state index in [-0.39, 0.29) is 11.3 Å². The average Bonchev–Trinajstić information content (AvgIpc) is 2.75. The van der Waals surface area contributed by atoms with Crippen LogP contribution < -0.4 is 16.6 Å². The van der Waals surface area contributed by atoms with Crippen LogP contribution in [0.3, 0.4) is 0 Å². The molecule has 0 saturated carbocycles. The fraction of sp³-hybridized carbons (Fsp3) is 0.615. The molecule has 1 unspecified atom stereocenters. The molecule has 1 aromatic rings. The predicted octanol–water partition coefficient (Wildman–Crippen LogP) is 0.937. The van der Waals surface area contributed by atoms with Crippen LogP contribution >= 0.6 is 0 Å². The first kappa shape index (κ1) is 13.6. The molecule has 1 saturated heterocycles. The number of hydrogen-bond donors (Lipinski definition) is 1. The van der Waals surface area contributed by atoms with Crippen LogP contribution in [0.5, 0.6) is 0 Å². The fourth-order valence-electron chi connectivity index (χ4n) is 2.36. The monoisotopic (exact) mass is 266 g/mol. The van der Waals surface area contributed by atoms with Crippen LogP contribution in [0.15, 0.2) is 9.59 Å². The second kappa shape index (κ2) is 4.36. The summed E-state index contributed by atoms with van der Waals surface area (Å²) in [5.74, 6) is 0. The van der Waals surface area contributed by atoms with Gasteiger partial charge in [-0.05, 0) is 33.6 Å². The Bertz CT molecular complexity index is 578. The highest BCUT2D eigenvalue weighted by atomic mass is 16.6. The van der Waals surface area contributed by atoms with Crippen LogP contribution in [-0.2, 0) is 4.74 Å². The van der Waals surface area contributed by atoms with E-state index in [1.165, 1.54) is 4.90 Å². The highest BCUT2D eigenvalue weighted by molar-refractivity contribution is 5.70. The van der Waals surface area contributed by atoms with Gasteiger partial charge in [-0.3, -0.25) is 9.59 Å². The van der Waals surface area contributed by atoms with Gasteiger partial charge in [0.05, 0.1) is 17.3 Å². The van der Waals surface area contributed by atoms with Crippen molar-refractivity contribution in [3.63, 3.8) is 0 Å². The normalized spacial score (nSPS) is 19.9. The van der Waals surface area contributed by atoms with Crippen LogP contribution in [-0.4, -0.2) is 23.1 Å². The van der Waals surface area contributed by atoms with Crippen LogP contribution in [0.25, 0.3) is 0 Å². The van der Waals surface area contributed by atoms with E-state index >= 15 is 0 Å². The van der Waals surface area contributed by atoms with Crippen molar-refractivity contribution in [2.45, 2.75) is 45.3 Å². The molecule has 0 aromatic heterocycles. The van der Waals surface area contributed by atoms with E-state index in [2.05, 4.69) is 0 Å². The minimum absolute atomic E-state index is 0.00883. The number of ether oxygens (including phenoxy) is 1. The summed E-state index contributed by atoms with van der Waals surface area (Å²) in [4.78, 5) is 36.3. The highest BCUT2D eigenvalue weighted by Gasteiger charge is 2.38. The SMILES string of the molecule is CC(C)(C)OC(=O)N1CCCC1c1c(N)c(=O)c1=O. The Morgan fingerprint density at radius 2 is 1.95 bits per heavy atom. The molecule has 1 atom stereocenters. The fourth-order valence-corrected chi connectivity index (χ4v) is 2.36. The number of rotatable bonds is 1. The van der Waals surface area contributed by atoms with Crippen molar-refractivity contribution in [2.24, 2.45) is 0 Å². The molecule has 1 heterocycles. The lowest BCUT2D eigenvalue weighted by atomic mass is 9.98. The number of carbonyl (C=O) groups excluding carboxylic acids is 1. The number of hydrogen-bond acceptors (Lipinski definition) is 5. The molecule has 1 aromatic carbocycles. The first-order valence-electron chi connectivity index (χ1n) is 6.30. The van der Waals surface area contributed by atoms with Crippen molar-refractivity contribution >= 4 is 11.8 Å². The van der Waals surface area contributed by atoms with Gasteiger partial charge in [-0.15, -0.1) is 0 Å². The number of amides is 1. The number of likely N-dealkylation sites (tertiary alicyclic amines) is 1. The second-order valence-corrected chi connectivity index (χ2v) is 5.82. The van der Waals surface area contributed by atoms with Gasteiger partial charge in [0.1, 0.15) is 5.60 Å². The van der Waals surface area contributed by atoms with E-state index in [0.717, 1.165) is 6.42 Å². The third-order valence-corrected chi connectivity index (χ3v) is 3.20. The molecule has 1 amide bonds. The van der Waals surface area contributed by atoms with Crippen LogP contribution in [0.2, 0.25) is 0 Å². The predicted molar refractivity (Wildman–Crippen MR) is 70.7 cm³/mol. The summed E-state index contributed by atoms with van der Waals surface area (Å²) < 4.78 is 5.30. The zero-order chi connectivity index (χ0) is 14.4. The minimum atomic E-state index is -0.647. The van der Waals surface area contributed by atoms with E-state index in [1.807, 2.05) is 0 Å². The van der Waals surface area contributed by atoms with Gasteiger partial charge in [-0.2, -0.15) is 0 Å². The summed E-state index contributed by atoms with van der Waals surface area (Å²) in [7, 11) is 0. The summed E-state index contributed by atoms with van der Waals surface area (Å²) in [6, 6.07) is -0.417. The Hall–Kier alpha value is -1.85. The molecule has 19 heavy (non-hydrogen) atoms. The van der Waals surface area contributed by atoms with Crippen molar-refractivity contribution in [3.05, 3.63) is 26.0 Å². The zero-order valence-electron chi connectivity index (χ0n) is 11.4. The van der Waals surface area contributed by atoms with Crippen molar-refractivity contribution < 1.29 is 9.53 Å². The molecular weight excluding hydrogens is 248 g/mol. The molecule has 6 nitrogen and oxygen atoms in total. The van der Waals surface area contributed by atoms with Crippen molar-refractivity contribution in [3.8, 4) is 0 Å². The lowest BCUT2D eigenvalue weighted by Gasteiger charge is -2.29. The smallest absolute Gasteiger partial charge is 0.410 e. The Morgan fingerprint density at radius 1 is 1.32 bits per heavy atom. The molecular formula is C13H18N2O4. The quantitative estimate of drug-likeness (QED) is 0.764. The number of nitrogens with zero attached hydrogens (tertiary/aromatic N) is 1. The Morgan fingerprint density at radius 3 is 2.47 bits per heavy atom. The maximum atomic E-state index is 12.1. The van der Waals surface area contributed by atoms with Crippen molar-refractivity contribution in [2.75, 3.05) is 12.3 Å². The van der Waals surface area contributed by atoms with E-state index in [4.69, 9.17) is 10.5 Å². The van der Waals surface area contributed by atoms with Crippen LogP contribution in [0.4, 0.5) is 10.5 Å². The van der Waals surface area contributed by atoms with E-state index < -0.39 is 28.6 Å². The van der Waals surface area contributed by atoms with E-state index in [1.54, 1.807) is 20.8 Å². The lowest BCUT2D eigenvalue weighted by molar-refractivity contribution is 0.0223. The van der Waals surface area contributed by atoms with Gasteiger partial charge in [-0.25, -0.2) is 4.79 Å². The topological polar surface area (TPSA) is 89.7 Å². The molecule has 2 N–H and O–H groups in total. The largest absolute Gasteiger partial charge is 0.444 e. The first-order chi connectivity index (χ1) is 8.72. The summed E-state index contributed by atoms with van der Waals surface area (Å²) in [6.45, 7) is 5.85. The van der Waals surface area contributed by atoms with Crippen LogP contribution in [0, 0.1) is 0 Å². The summed E-state index contributed by atoms with van der Waals surface area (Å²) in [5, 5.41) is 0. The average molecular weight is 266 g/mol. The Balaban J connectivity index is 2.21. The highest BCUT2D eigenvalue weighted by Crippen LogP contribution is 2.33. The Kier molecular flexibility index (Phi) is 3.12. The second-order valence-electron chi connectivity index (χ2n) is 5.82. The third-order valence-electron chi connectivity index (χ3n) is 3.20. The molecule has 6 heteroatoms. The molecule has 0 spiro atoms. The summed E-state index contributed by atoms with van der Waals surface area (Å²) >= 11 is 0. The molecule has 0 bridgehead atoms. The summed E-state index contributed by atoms with van der Waals surface area (Å²) in [5.41, 5.74) is 4.01. The van der Waals surface area contributed by atoms with Gasteiger partial charge in [0, 0.05) is 6.54 Å². The minimum Gasteiger partial charge on any atom is -0.444 e. The summed E-state index contributed by atoms with van der Waals surface area (Å²) in [6.07, 6.45) is 0.929. The van der Waals surface area contributed by atoms with Gasteiger partial charge in [-0.1, -0.05) is 0 Å². The lowest BCUT2D eigenvalue weighted by Crippen LogP contribution is -2.44. The van der Waals surface area contributed by atoms with Crippen molar-refractivity contribution in [1.82, 2.24) is 4.90 Å². The molecule has 1 aliphatic rings. The van der Waals surface area contributed by atoms with E-state index in [0.29, 0.717) is 13.0 Å². The molecule has 0 aliphatic carbocycles. The van der Waals surface area contributed by atoms with Gasteiger partial charge >= 0.3 is 6.09 Å².